The molecule has 0 aliphatic carbocycles. The predicted molar refractivity (Wildman–Crippen MR) is 112 cm³/mol. The molecule has 5 aromatic rings. The summed E-state index contributed by atoms with van der Waals surface area (Å²) in [6.45, 7) is 0. The summed E-state index contributed by atoms with van der Waals surface area (Å²) in [5, 5.41) is 12.2. The second kappa shape index (κ2) is 7.12. The number of nitrogens with zero attached hydrogens (tertiary/aromatic N) is 5. The second-order valence-corrected chi connectivity index (χ2v) is 6.47. The van der Waals surface area contributed by atoms with Crippen molar-refractivity contribution < 1.29 is 4.74 Å². The van der Waals surface area contributed by atoms with E-state index in [1.54, 1.807) is 13.3 Å². The van der Waals surface area contributed by atoms with Crippen molar-refractivity contribution in [2.24, 2.45) is 0 Å². The Morgan fingerprint density at radius 1 is 0.897 bits per heavy atom. The Morgan fingerprint density at radius 3 is 2.45 bits per heavy atom. The van der Waals surface area contributed by atoms with Crippen LogP contribution >= 0.6 is 0 Å². The fraction of sp³-hybridized carbons (Fsp3) is 0.0455. The zero-order valence-electron chi connectivity index (χ0n) is 15.7. The molecule has 0 unspecified atom stereocenters. The van der Waals surface area contributed by atoms with E-state index >= 15 is 0 Å². The predicted octanol–water partition coefficient (Wildman–Crippen LogP) is 4.33. The van der Waals surface area contributed by atoms with Gasteiger partial charge in [-0.25, -0.2) is 9.20 Å². The fourth-order valence-electron chi connectivity index (χ4n) is 3.19. The van der Waals surface area contributed by atoms with Crippen molar-refractivity contribution in [2.75, 3.05) is 12.4 Å². The molecule has 0 radical (unpaired) electrons. The van der Waals surface area contributed by atoms with Crippen LogP contribution in [0, 0.1) is 0 Å². The summed E-state index contributed by atoms with van der Waals surface area (Å²) < 4.78 is 8.89. The quantitative estimate of drug-likeness (QED) is 0.490. The van der Waals surface area contributed by atoms with Crippen molar-refractivity contribution in [3.05, 3.63) is 85.2 Å². The number of anilines is 2. The maximum Gasteiger partial charge on any atom is 0.247 e. The molecular formula is C22H18N6O. The molecule has 3 aromatic heterocycles. The van der Waals surface area contributed by atoms with Crippen LogP contribution in [0.1, 0.15) is 0 Å². The van der Waals surface area contributed by atoms with Gasteiger partial charge in [-0.1, -0.05) is 6.07 Å². The van der Waals surface area contributed by atoms with Crippen LogP contribution in [0.25, 0.3) is 22.6 Å². The molecule has 0 bridgehead atoms. The van der Waals surface area contributed by atoms with E-state index in [0.717, 1.165) is 34.0 Å². The van der Waals surface area contributed by atoms with Gasteiger partial charge in [-0.3, -0.25) is 0 Å². The molecule has 0 saturated heterocycles. The minimum atomic E-state index is 0.540. The van der Waals surface area contributed by atoms with Gasteiger partial charge >= 0.3 is 0 Å². The third-order valence-corrected chi connectivity index (χ3v) is 4.64. The molecule has 7 nitrogen and oxygen atoms in total. The first-order valence-electron chi connectivity index (χ1n) is 9.17. The highest BCUT2D eigenvalue weighted by Crippen LogP contribution is 2.24. The molecule has 3 heterocycles. The number of hydrogen-bond donors (Lipinski definition) is 1. The normalized spacial score (nSPS) is 10.9. The van der Waals surface area contributed by atoms with Crippen molar-refractivity contribution in [2.45, 2.75) is 0 Å². The zero-order valence-corrected chi connectivity index (χ0v) is 15.7. The molecule has 0 aliphatic heterocycles. The van der Waals surface area contributed by atoms with E-state index in [9.17, 15) is 0 Å². The number of benzene rings is 2. The van der Waals surface area contributed by atoms with Gasteiger partial charge in [0, 0.05) is 23.6 Å². The van der Waals surface area contributed by atoms with E-state index in [1.165, 1.54) is 0 Å². The van der Waals surface area contributed by atoms with Crippen molar-refractivity contribution in [3.63, 3.8) is 0 Å². The molecule has 142 valence electrons. The number of hydrogen-bond acceptors (Lipinski definition) is 5. The van der Waals surface area contributed by atoms with Crippen LogP contribution in [0.3, 0.4) is 0 Å². The number of methoxy groups -OCH3 is 1. The monoisotopic (exact) mass is 382 g/mol. The van der Waals surface area contributed by atoms with Gasteiger partial charge in [-0.15, -0.1) is 5.10 Å². The Morgan fingerprint density at radius 2 is 1.72 bits per heavy atom. The molecule has 0 aliphatic rings. The van der Waals surface area contributed by atoms with Gasteiger partial charge in [0.2, 0.25) is 5.95 Å². The van der Waals surface area contributed by atoms with Gasteiger partial charge in [0.15, 0.2) is 5.65 Å². The molecule has 0 atom stereocenters. The van der Waals surface area contributed by atoms with Gasteiger partial charge in [0.1, 0.15) is 5.75 Å². The molecule has 0 spiro atoms. The van der Waals surface area contributed by atoms with E-state index in [4.69, 9.17) is 4.74 Å². The van der Waals surface area contributed by atoms with E-state index < -0.39 is 0 Å². The highest BCUT2D eigenvalue weighted by Gasteiger charge is 2.09. The maximum absolute atomic E-state index is 5.24. The first kappa shape index (κ1) is 17.0. The number of aromatic nitrogens is 5. The zero-order chi connectivity index (χ0) is 19.6. The van der Waals surface area contributed by atoms with Crippen LogP contribution in [0.5, 0.6) is 5.75 Å². The summed E-state index contributed by atoms with van der Waals surface area (Å²) in [7, 11) is 1.66. The minimum absolute atomic E-state index is 0.540. The lowest BCUT2D eigenvalue weighted by Crippen LogP contribution is -1.97. The van der Waals surface area contributed by atoms with Crippen LogP contribution in [0.4, 0.5) is 11.6 Å². The van der Waals surface area contributed by atoms with Gasteiger partial charge in [-0.2, -0.15) is 10.1 Å². The molecule has 1 N–H and O–H groups in total. The lowest BCUT2D eigenvalue weighted by Gasteiger charge is -2.05. The van der Waals surface area contributed by atoms with Crippen LogP contribution < -0.4 is 10.1 Å². The van der Waals surface area contributed by atoms with Crippen molar-refractivity contribution in [1.29, 1.82) is 0 Å². The maximum atomic E-state index is 5.24. The van der Waals surface area contributed by atoms with Crippen molar-refractivity contribution in [3.8, 4) is 22.7 Å². The van der Waals surface area contributed by atoms with Crippen molar-refractivity contribution >= 4 is 17.3 Å². The van der Waals surface area contributed by atoms with Crippen LogP contribution in [0.15, 0.2) is 85.2 Å². The highest BCUT2D eigenvalue weighted by atomic mass is 16.5. The number of pyridine rings is 1. The summed E-state index contributed by atoms with van der Waals surface area (Å²) in [5.41, 5.74) is 4.67. The molecule has 5 rings (SSSR count). The topological polar surface area (TPSA) is 69.3 Å². The Labute approximate surface area is 167 Å². The summed E-state index contributed by atoms with van der Waals surface area (Å²) in [4.78, 5) is 4.60. The Kier molecular flexibility index (Phi) is 4.18. The molecule has 0 amide bonds. The highest BCUT2D eigenvalue weighted by molar-refractivity contribution is 5.65. The first-order chi connectivity index (χ1) is 14.3. The SMILES string of the molecule is COc1ccc(-c2cccc3nc(Nc4ccc(-n5cccn5)cc4)nn23)cc1. The second-order valence-electron chi connectivity index (χ2n) is 6.47. The number of ether oxygens (including phenoxy) is 1. The molecule has 0 saturated carbocycles. The van der Waals surface area contributed by atoms with Crippen molar-refractivity contribution in [1.82, 2.24) is 24.4 Å². The average Bonchev–Trinajstić information content (AvgIpc) is 3.44. The van der Waals surface area contributed by atoms with Gasteiger partial charge in [-0.05, 0) is 66.7 Å². The number of fused-ring (bicyclic) bond motifs is 1. The van der Waals surface area contributed by atoms with Crippen LogP contribution in [0.2, 0.25) is 0 Å². The number of nitrogens with one attached hydrogen (secondary N) is 1. The van der Waals surface area contributed by atoms with E-state index in [0.29, 0.717) is 5.95 Å². The molecule has 7 heteroatoms. The van der Waals surface area contributed by atoms with E-state index in [1.807, 2.05) is 88.2 Å². The molecular weight excluding hydrogens is 364 g/mol. The largest absolute Gasteiger partial charge is 0.497 e. The smallest absolute Gasteiger partial charge is 0.247 e. The summed E-state index contributed by atoms with van der Waals surface area (Å²) in [6, 6.07) is 23.7. The standard InChI is InChI=1S/C22H18N6O/c1-29-19-12-6-16(7-13-19)20-4-2-5-21-25-22(26-28(20)21)24-17-8-10-18(11-9-17)27-15-3-14-23-27/h2-15H,1H3,(H,24,26). The number of rotatable bonds is 5. The lowest BCUT2D eigenvalue weighted by molar-refractivity contribution is 0.415. The van der Waals surface area contributed by atoms with Crippen LogP contribution in [-0.2, 0) is 0 Å². The first-order valence-corrected chi connectivity index (χ1v) is 9.17. The van der Waals surface area contributed by atoms with Gasteiger partial charge < -0.3 is 10.1 Å². The lowest BCUT2D eigenvalue weighted by atomic mass is 10.1. The fourth-order valence-corrected chi connectivity index (χ4v) is 3.19. The average molecular weight is 382 g/mol. The molecule has 0 fully saturated rings. The van der Waals surface area contributed by atoms with Gasteiger partial charge in [0.05, 0.1) is 18.5 Å². The van der Waals surface area contributed by atoms with E-state index in [-0.39, 0.29) is 0 Å². The molecule has 29 heavy (non-hydrogen) atoms. The minimum Gasteiger partial charge on any atom is -0.497 e. The van der Waals surface area contributed by atoms with Crippen LogP contribution in [-0.4, -0.2) is 31.5 Å². The summed E-state index contributed by atoms with van der Waals surface area (Å²) in [6.07, 6.45) is 3.67. The summed E-state index contributed by atoms with van der Waals surface area (Å²) in [5.74, 6) is 1.36. The van der Waals surface area contributed by atoms with Gasteiger partial charge in [0.25, 0.3) is 0 Å². The third kappa shape index (κ3) is 3.29. The Balaban J connectivity index is 1.44. The van der Waals surface area contributed by atoms with E-state index in [2.05, 4.69) is 20.5 Å². The molecule has 2 aromatic carbocycles. The third-order valence-electron chi connectivity index (χ3n) is 4.64. The Hall–Kier alpha value is -4.13. The Bertz CT molecular complexity index is 1240. The summed E-state index contributed by atoms with van der Waals surface area (Å²) >= 11 is 0.